The number of hydrogen-bond donors (Lipinski definition) is 2. The first-order valence-electron chi connectivity index (χ1n) is 6.29. The summed E-state index contributed by atoms with van der Waals surface area (Å²) in [5, 5.41) is 3.10. The van der Waals surface area contributed by atoms with Gasteiger partial charge in [-0.15, -0.1) is 0 Å². The van der Waals surface area contributed by atoms with Crippen LogP contribution < -0.4 is 11.1 Å². The highest BCUT2D eigenvalue weighted by molar-refractivity contribution is 5.95. The molecule has 1 aromatic rings. The number of carbonyl (C=O) groups excluding carboxylic acids is 1. The molecule has 3 N–H and O–H groups in total. The summed E-state index contributed by atoms with van der Waals surface area (Å²) in [6.07, 6.45) is 4.02. The predicted molar refractivity (Wildman–Crippen MR) is 68.9 cm³/mol. The molecule has 0 heterocycles. The Morgan fingerprint density at radius 3 is 2.53 bits per heavy atom. The number of benzene rings is 1. The maximum atomic E-state index is 12.1. The van der Waals surface area contributed by atoms with Crippen molar-refractivity contribution in [3.05, 3.63) is 35.4 Å². The minimum atomic E-state index is 0.0450. The molecule has 0 saturated heterocycles. The van der Waals surface area contributed by atoms with Gasteiger partial charge in [0, 0.05) is 17.6 Å². The predicted octanol–water partition coefficient (Wildman–Crippen LogP) is 1.99. The lowest BCUT2D eigenvalue weighted by molar-refractivity contribution is 0.0925. The highest BCUT2D eigenvalue weighted by Gasteiger charge is 2.20. The molecule has 0 aliphatic heterocycles. The zero-order chi connectivity index (χ0) is 12.3. The van der Waals surface area contributed by atoms with Crippen LogP contribution in [0.4, 0.5) is 0 Å². The summed E-state index contributed by atoms with van der Waals surface area (Å²) in [7, 11) is 0. The van der Waals surface area contributed by atoms with E-state index in [1.54, 1.807) is 0 Å². The van der Waals surface area contributed by atoms with Gasteiger partial charge in [0.15, 0.2) is 0 Å². The van der Waals surface area contributed by atoms with Gasteiger partial charge in [0.25, 0.3) is 5.91 Å². The van der Waals surface area contributed by atoms with E-state index >= 15 is 0 Å². The van der Waals surface area contributed by atoms with E-state index in [1.165, 1.54) is 0 Å². The molecule has 1 aliphatic carbocycles. The van der Waals surface area contributed by atoms with E-state index < -0.39 is 0 Å². The highest BCUT2D eigenvalue weighted by Crippen LogP contribution is 2.17. The Morgan fingerprint density at radius 2 is 1.88 bits per heavy atom. The van der Waals surface area contributed by atoms with Crippen molar-refractivity contribution in [3.8, 4) is 0 Å². The quantitative estimate of drug-likeness (QED) is 0.819. The van der Waals surface area contributed by atoms with Crippen molar-refractivity contribution in [1.82, 2.24) is 5.32 Å². The third kappa shape index (κ3) is 3.07. The number of nitrogens with one attached hydrogen (secondary N) is 1. The Labute approximate surface area is 102 Å². The van der Waals surface area contributed by atoms with E-state index in [0.717, 1.165) is 36.8 Å². The molecule has 0 atom stereocenters. The van der Waals surface area contributed by atoms with Crippen LogP contribution in [0, 0.1) is 6.92 Å². The van der Waals surface area contributed by atoms with Crippen LogP contribution in [-0.4, -0.2) is 18.0 Å². The first kappa shape index (κ1) is 12.1. The number of hydrogen-bond acceptors (Lipinski definition) is 2. The van der Waals surface area contributed by atoms with Crippen LogP contribution in [0.15, 0.2) is 24.3 Å². The van der Waals surface area contributed by atoms with Crippen LogP contribution in [0.1, 0.15) is 41.6 Å². The molecule has 0 radical (unpaired) electrons. The molecule has 1 saturated carbocycles. The maximum Gasteiger partial charge on any atom is 0.251 e. The van der Waals surface area contributed by atoms with Gasteiger partial charge in [-0.05, 0) is 44.2 Å². The van der Waals surface area contributed by atoms with Crippen LogP contribution in [0.2, 0.25) is 0 Å². The van der Waals surface area contributed by atoms with Crippen molar-refractivity contribution in [3.63, 3.8) is 0 Å². The van der Waals surface area contributed by atoms with Crippen molar-refractivity contribution in [2.75, 3.05) is 0 Å². The fourth-order valence-corrected chi connectivity index (χ4v) is 2.35. The standard InChI is InChI=1S/C14H20N2O/c1-10-4-2-3-5-13(10)14(17)16-12-8-6-11(15)7-9-12/h2-5,11-12H,6-9,15H2,1H3,(H,16,17). The number of rotatable bonds is 2. The fourth-order valence-electron chi connectivity index (χ4n) is 2.35. The Morgan fingerprint density at radius 1 is 1.24 bits per heavy atom. The fraction of sp³-hybridized carbons (Fsp3) is 0.500. The first-order valence-corrected chi connectivity index (χ1v) is 6.29. The number of nitrogens with two attached hydrogens (primary N) is 1. The smallest absolute Gasteiger partial charge is 0.251 e. The molecule has 3 nitrogen and oxygen atoms in total. The third-order valence-electron chi connectivity index (χ3n) is 3.50. The SMILES string of the molecule is Cc1ccccc1C(=O)NC1CCC(N)CC1. The molecule has 0 unspecified atom stereocenters. The normalized spacial score (nSPS) is 24.4. The van der Waals surface area contributed by atoms with Crippen LogP contribution in [0.5, 0.6) is 0 Å². The van der Waals surface area contributed by atoms with E-state index in [0.29, 0.717) is 12.1 Å². The summed E-state index contributed by atoms with van der Waals surface area (Å²) < 4.78 is 0. The average Bonchev–Trinajstić information content (AvgIpc) is 2.32. The van der Waals surface area contributed by atoms with Gasteiger partial charge >= 0.3 is 0 Å². The second-order valence-corrected chi connectivity index (χ2v) is 4.90. The average molecular weight is 232 g/mol. The van der Waals surface area contributed by atoms with E-state index in [-0.39, 0.29) is 5.91 Å². The summed E-state index contributed by atoms with van der Waals surface area (Å²) in [6.45, 7) is 1.96. The zero-order valence-corrected chi connectivity index (χ0v) is 10.3. The van der Waals surface area contributed by atoms with Crippen LogP contribution in [0.3, 0.4) is 0 Å². The van der Waals surface area contributed by atoms with Gasteiger partial charge in [0.1, 0.15) is 0 Å². The molecule has 0 bridgehead atoms. The molecule has 1 aliphatic rings. The number of carbonyl (C=O) groups is 1. The van der Waals surface area contributed by atoms with E-state index in [9.17, 15) is 4.79 Å². The minimum absolute atomic E-state index is 0.0450. The number of aryl methyl sites for hydroxylation is 1. The lowest BCUT2D eigenvalue weighted by atomic mass is 9.91. The maximum absolute atomic E-state index is 12.1. The molecule has 1 fully saturated rings. The third-order valence-corrected chi connectivity index (χ3v) is 3.50. The largest absolute Gasteiger partial charge is 0.349 e. The van der Waals surface area contributed by atoms with E-state index in [2.05, 4.69) is 5.32 Å². The van der Waals surface area contributed by atoms with Crippen LogP contribution >= 0.6 is 0 Å². The first-order chi connectivity index (χ1) is 8.16. The van der Waals surface area contributed by atoms with E-state index in [4.69, 9.17) is 5.73 Å². The van der Waals surface area contributed by atoms with Crippen molar-refractivity contribution in [1.29, 1.82) is 0 Å². The van der Waals surface area contributed by atoms with Gasteiger partial charge in [-0.2, -0.15) is 0 Å². The second-order valence-electron chi connectivity index (χ2n) is 4.90. The Kier molecular flexibility index (Phi) is 3.79. The van der Waals surface area contributed by atoms with Gasteiger partial charge in [-0.1, -0.05) is 18.2 Å². The summed E-state index contributed by atoms with van der Waals surface area (Å²) in [5.41, 5.74) is 7.66. The lowest BCUT2D eigenvalue weighted by Crippen LogP contribution is -2.40. The molecular formula is C14H20N2O. The molecule has 1 aromatic carbocycles. The molecular weight excluding hydrogens is 212 g/mol. The molecule has 0 spiro atoms. The zero-order valence-electron chi connectivity index (χ0n) is 10.3. The van der Waals surface area contributed by atoms with Crippen LogP contribution in [0.25, 0.3) is 0 Å². The summed E-state index contributed by atoms with van der Waals surface area (Å²) in [5.74, 6) is 0.0450. The van der Waals surface area contributed by atoms with Gasteiger partial charge in [-0.25, -0.2) is 0 Å². The summed E-state index contributed by atoms with van der Waals surface area (Å²) in [6, 6.07) is 8.30. The van der Waals surface area contributed by atoms with Gasteiger partial charge < -0.3 is 11.1 Å². The number of amides is 1. The second kappa shape index (κ2) is 5.32. The molecule has 1 amide bonds. The van der Waals surface area contributed by atoms with Crippen molar-refractivity contribution < 1.29 is 4.79 Å². The van der Waals surface area contributed by atoms with Gasteiger partial charge in [0.2, 0.25) is 0 Å². The molecule has 17 heavy (non-hydrogen) atoms. The Hall–Kier alpha value is -1.35. The lowest BCUT2D eigenvalue weighted by Gasteiger charge is -2.27. The molecule has 92 valence electrons. The van der Waals surface area contributed by atoms with Crippen molar-refractivity contribution in [2.24, 2.45) is 5.73 Å². The minimum Gasteiger partial charge on any atom is -0.349 e. The Bertz CT molecular complexity index is 395. The monoisotopic (exact) mass is 232 g/mol. The Balaban J connectivity index is 1.96. The van der Waals surface area contributed by atoms with Crippen molar-refractivity contribution >= 4 is 5.91 Å². The van der Waals surface area contributed by atoms with E-state index in [1.807, 2.05) is 31.2 Å². The summed E-state index contributed by atoms with van der Waals surface area (Å²) >= 11 is 0. The molecule has 2 rings (SSSR count). The van der Waals surface area contributed by atoms with Crippen LogP contribution in [-0.2, 0) is 0 Å². The van der Waals surface area contributed by atoms with Crippen molar-refractivity contribution in [2.45, 2.75) is 44.7 Å². The topological polar surface area (TPSA) is 55.1 Å². The molecule has 0 aromatic heterocycles. The van der Waals surface area contributed by atoms with Gasteiger partial charge in [0.05, 0.1) is 0 Å². The molecule has 3 heteroatoms. The van der Waals surface area contributed by atoms with Gasteiger partial charge in [-0.3, -0.25) is 4.79 Å². The summed E-state index contributed by atoms with van der Waals surface area (Å²) in [4.78, 5) is 12.1. The highest BCUT2D eigenvalue weighted by atomic mass is 16.1.